The molecular weight excluding hydrogens is 516 g/mol. The Hall–Kier alpha value is -1.67. The van der Waals surface area contributed by atoms with Gasteiger partial charge >= 0.3 is 0 Å². The minimum absolute atomic E-state index is 0.0864. The minimum Gasteiger partial charge on any atom is -0.342 e. The van der Waals surface area contributed by atoms with Crippen molar-refractivity contribution < 1.29 is 50.8 Å². The molecule has 0 amide bonds. The van der Waals surface area contributed by atoms with Crippen molar-refractivity contribution in [3.8, 4) is 0 Å². The fourth-order valence-electron chi connectivity index (χ4n) is 2.84. The van der Waals surface area contributed by atoms with Gasteiger partial charge in [-0.1, -0.05) is 12.1 Å². The summed E-state index contributed by atoms with van der Waals surface area (Å²) in [6.07, 6.45) is -1.76. The zero-order valence-electron chi connectivity index (χ0n) is 16.0. The normalized spacial score (nSPS) is 20.7. The van der Waals surface area contributed by atoms with Gasteiger partial charge in [0.05, 0.1) is 30.9 Å². The van der Waals surface area contributed by atoms with E-state index >= 15 is 0 Å². The van der Waals surface area contributed by atoms with Crippen LogP contribution in [0.15, 0.2) is 24.3 Å². The van der Waals surface area contributed by atoms with Gasteiger partial charge in [0.25, 0.3) is 40.5 Å². The van der Waals surface area contributed by atoms with Crippen molar-refractivity contribution in [3.05, 3.63) is 30.1 Å². The van der Waals surface area contributed by atoms with Crippen LogP contribution in [-0.4, -0.2) is 77.2 Å². The first kappa shape index (κ1) is 25.0. The van der Waals surface area contributed by atoms with Gasteiger partial charge in [0.1, 0.15) is 5.82 Å². The topological polar surface area (TPSA) is 213 Å². The van der Waals surface area contributed by atoms with Gasteiger partial charge in [0.2, 0.25) is 9.16 Å². The minimum atomic E-state index is -5.22. The van der Waals surface area contributed by atoms with Gasteiger partial charge in [0.15, 0.2) is 0 Å². The van der Waals surface area contributed by atoms with Crippen LogP contribution < -0.4 is 0 Å². The first-order chi connectivity index (χ1) is 14.7. The summed E-state index contributed by atoms with van der Waals surface area (Å²) < 4.78 is 114. The largest absolute Gasteiger partial charge is 0.342 e. The molecule has 1 aromatic carbocycles. The molecule has 1 aromatic heterocycles. The highest BCUT2D eigenvalue weighted by atomic mass is 32.3. The third-order valence-electron chi connectivity index (χ3n) is 4.28. The number of aromatic nitrogens is 2. The number of imidazole rings is 1. The van der Waals surface area contributed by atoms with Gasteiger partial charge in [0, 0.05) is 12.8 Å². The molecule has 18 heteroatoms. The molecule has 14 nitrogen and oxygen atoms in total. The van der Waals surface area contributed by atoms with Crippen molar-refractivity contribution in [2.45, 2.75) is 22.0 Å². The zero-order chi connectivity index (χ0) is 23.8. The molecule has 1 aliphatic heterocycles. The summed E-state index contributed by atoms with van der Waals surface area (Å²) in [6.45, 7) is -2.16. The number of nitrogens with zero attached hydrogens (tertiary/aromatic N) is 1. The Kier molecular flexibility index (Phi) is 6.97. The molecule has 0 bridgehead atoms. The van der Waals surface area contributed by atoms with E-state index in [4.69, 9.17) is 0 Å². The van der Waals surface area contributed by atoms with E-state index in [1.54, 1.807) is 24.3 Å². The lowest BCUT2D eigenvalue weighted by Crippen LogP contribution is -2.36. The van der Waals surface area contributed by atoms with Crippen molar-refractivity contribution in [3.63, 3.8) is 0 Å². The Morgan fingerprint density at radius 1 is 1.09 bits per heavy atom. The molecule has 0 saturated carbocycles. The monoisotopic (exact) mass is 534 g/mol. The molecule has 0 spiro atoms. The Morgan fingerprint density at radius 2 is 1.69 bits per heavy atom. The summed E-state index contributed by atoms with van der Waals surface area (Å²) in [6, 6.07) is 6.50. The summed E-state index contributed by atoms with van der Waals surface area (Å²) >= 11 is 0. The summed E-state index contributed by atoms with van der Waals surface area (Å²) in [4.78, 5) is 6.75. The van der Waals surface area contributed by atoms with Crippen LogP contribution in [0.4, 0.5) is 0 Å². The number of H-pyrrole nitrogens is 1. The second-order valence-electron chi connectivity index (χ2n) is 6.51. The van der Waals surface area contributed by atoms with E-state index in [9.17, 15) is 38.2 Å². The molecule has 1 fully saturated rings. The number of hydrogen-bond donors (Lipinski definition) is 2. The second-order valence-corrected chi connectivity index (χ2v) is 14.1. The Bertz CT molecular complexity index is 1340. The third kappa shape index (κ3) is 5.63. The molecule has 180 valence electrons. The number of para-hydroxylation sites is 2. The first-order valence-electron chi connectivity index (χ1n) is 8.77. The van der Waals surface area contributed by atoms with E-state index in [2.05, 4.69) is 22.5 Å². The highest BCUT2D eigenvalue weighted by molar-refractivity contribution is 8.05. The van der Waals surface area contributed by atoms with Gasteiger partial charge in [-0.15, -0.1) is 0 Å². The van der Waals surface area contributed by atoms with Crippen molar-refractivity contribution in [1.82, 2.24) is 9.97 Å². The average Bonchev–Trinajstić information content (AvgIpc) is 3.04. The Labute approximate surface area is 184 Å². The maximum Gasteiger partial charge on any atom is 0.287 e. The van der Waals surface area contributed by atoms with Crippen LogP contribution in [0, 0.1) is 0 Å². The number of fused-ring (bicyclic) bond motifs is 1. The number of hydrogen-bond acceptors (Lipinski definition) is 12. The van der Waals surface area contributed by atoms with Crippen molar-refractivity contribution in [2.75, 3.05) is 19.8 Å². The Morgan fingerprint density at radius 3 is 2.25 bits per heavy atom. The van der Waals surface area contributed by atoms with E-state index < -0.39 is 82.3 Å². The first-order valence-corrected chi connectivity index (χ1v) is 14.7. The maximum atomic E-state index is 12.5. The molecule has 1 atom stereocenters. The molecule has 1 aliphatic rings. The van der Waals surface area contributed by atoms with Crippen LogP contribution in [0.2, 0.25) is 0 Å². The molecule has 2 heterocycles. The van der Waals surface area contributed by atoms with Crippen LogP contribution in [0.25, 0.3) is 11.0 Å². The smallest absolute Gasteiger partial charge is 0.287 e. The molecule has 0 unspecified atom stereocenters. The molecule has 3 rings (SSSR count). The van der Waals surface area contributed by atoms with E-state index in [-0.39, 0.29) is 5.82 Å². The second kappa shape index (κ2) is 8.93. The summed E-state index contributed by atoms with van der Waals surface area (Å²) in [7, 11) is -19.6. The summed E-state index contributed by atoms with van der Waals surface area (Å²) in [5, 5.41) is 0. The van der Waals surface area contributed by atoms with Gasteiger partial charge in [-0.3, -0.25) is 17.1 Å². The van der Waals surface area contributed by atoms with Crippen molar-refractivity contribution in [1.29, 1.82) is 0 Å². The van der Waals surface area contributed by atoms with Crippen molar-refractivity contribution in [2.24, 2.45) is 0 Å². The number of benzene rings is 1. The lowest BCUT2D eigenvalue weighted by molar-refractivity contribution is 0.237. The van der Waals surface area contributed by atoms with Crippen LogP contribution in [0.1, 0.15) is 12.2 Å². The average molecular weight is 535 g/mol. The molecule has 1 saturated heterocycles. The highest BCUT2D eigenvalue weighted by Gasteiger charge is 2.43. The molecule has 2 N–H and O–H groups in total. The number of nitrogens with one attached hydrogen (secondary N) is 1. The standard InChI is InChI=1S/C14H18N2O12S4/c17-29(18,19)14(9-12-15-10-3-1-2-4-11(10)16-12)32(24,25)26-6-5-13-30(20,21)27-7-8-28-31(13,22)23/h1-4,13-14H,5-9H2,(H,15,16)(H,17,18,19)/t14-/m1/s1. The molecular formula is C14H18N2O12S4. The van der Waals surface area contributed by atoms with E-state index in [0.29, 0.717) is 11.0 Å². The van der Waals surface area contributed by atoms with E-state index in [1.807, 2.05) is 0 Å². The number of aromatic amines is 1. The Balaban J connectivity index is 1.78. The van der Waals surface area contributed by atoms with Gasteiger partial charge in [-0.25, -0.2) is 4.98 Å². The predicted molar refractivity (Wildman–Crippen MR) is 108 cm³/mol. The molecule has 32 heavy (non-hydrogen) atoms. The quantitative estimate of drug-likeness (QED) is 0.310. The highest BCUT2D eigenvalue weighted by Crippen LogP contribution is 2.23. The zero-order valence-corrected chi connectivity index (χ0v) is 19.3. The predicted octanol–water partition coefficient (Wildman–Crippen LogP) is -0.912. The van der Waals surface area contributed by atoms with Crippen LogP contribution >= 0.6 is 0 Å². The SMILES string of the molecule is O=S1(=O)OCCOS(=O)(=O)C1CCOS(=O)(=O)[C@H](Cc1nc2ccccc2[nH]1)S(=O)(=O)O. The summed E-state index contributed by atoms with van der Waals surface area (Å²) in [5.41, 5.74) is 0.900. The van der Waals surface area contributed by atoms with E-state index in [1.165, 1.54) is 0 Å². The van der Waals surface area contributed by atoms with Gasteiger partial charge < -0.3 is 4.98 Å². The van der Waals surface area contributed by atoms with Gasteiger partial charge in [-0.05, 0) is 12.1 Å². The molecule has 0 aliphatic carbocycles. The number of rotatable bonds is 8. The summed E-state index contributed by atoms with van der Waals surface area (Å²) in [5.74, 6) is -0.0864. The van der Waals surface area contributed by atoms with Crippen LogP contribution in [-0.2, 0) is 59.4 Å². The molecule has 2 aromatic rings. The van der Waals surface area contributed by atoms with Crippen LogP contribution in [0.5, 0.6) is 0 Å². The fourth-order valence-corrected chi connectivity index (χ4v) is 8.57. The molecule has 0 radical (unpaired) electrons. The van der Waals surface area contributed by atoms with Crippen LogP contribution in [0.3, 0.4) is 0 Å². The maximum absolute atomic E-state index is 12.5. The third-order valence-corrected chi connectivity index (χ3v) is 12.0. The van der Waals surface area contributed by atoms with E-state index in [0.717, 1.165) is 0 Å². The van der Waals surface area contributed by atoms with Gasteiger partial charge in [-0.2, -0.15) is 33.7 Å². The van der Waals surface area contributed by atoms with Crippen molar-refractivity contribution >= 4 is 51.5 Å². The lowest BCUT2D eigenvalue weighted by atomic mass is 10.3. The lowest BCUT2D eigenvalue weighted by Gasteiger charge is -2.16. The fraction of sp³-hybridized carbons (Fsp3) is 0.500.